The lowest BCUT2D eigenvalue weighted by molar-refractivity contribution is -0.138. The second-order valence-electron chi connectivity index (χ2n) is 6.73. The molecule has 0 aliphatic carbocycles. The van der Waals surface area contributed by atoms with Gasteiger partial charge in [-0.2, -0.15) is 0 Å². The number of nitrogens with zero attached hydrogens (tertiary/aromatic N) is 1. The minimum atomic E-state index is -0.305. The zero-order valence-electron chi connectivity index (χ0n) is 16.1. The van der Waals surface area contributed by atoms with Gasteiger partial charge in [-0.15, -0.1) is 0 Å². The number of methoxy groups -OCH3 is 1. The Kier molecular flexibility index (Phi) is 5.31. The second kappa shape index (κ2) is 7.66. The Morgan fingerprint density at radius 1 is 0.963 bits per heavy atom. The molecule has 0 aromatic heterocycles. The van der Waals surface area contributed by atoms with E-state index in [2.05, 4.69) is 12.2 Å². The van der Waals surface area contributed by atoms with E-state index >= 15 is 0 Å². The van der Waals surface area contributed by atoms with Crippen molar-refractivity contribution in [2.75, 3.05) is 12.4 Å². The van der Waals surface area contributed by atoms with Crippen LogP contribution in [0.5, 0.6) is 5.75 Å². The van der Waals surface area contributed by atoms with Crippen molar-refractivity contribution in [3.63, 3.8) is 0 Å². The van der Waals surface area contributed by atoms with Crippen LogP contribution in [-0.4, -0.2) is 29.9 Å². The Labute approximate surface area is 159 Å². The summed E-state index contributed by atoms with van der Waals surface area (Å²) in [4.78, 5) is 27.2. The van der Waals surface area contributed by atoms with Crippen molar-refractivity contribution in [1.29, 1.82) is 0 Å². The van der Waals surface area contributed by atoms with Gasteiger partial charge in [0.05, 0.1) is 12.7 Å². The summed E-state index contributed by atoms with van der Waals surface area (Å²) in [6.07, 6.45) is 0.943. The van der Waals surface area contributed by atoms with Crippen molar-refractivity contribution in [3.8, 4) is 5.75 Å². The summed E-state index contributed by atoms with van der Waals surface area (Å²) in [6, 6.07) is 14.8. The molecule has 0 atom stereocenters. The molecule has 3 rings (SSSR count). The molecule has 1 N–H and O–H groups in total. The predicted molar refractivity (Wildman–Crippen MR) is 106 cm³/mol. The first-order chi connectivity index (χ1) is 13.0. The van der Waals surface area contributed by atoms with Crippen LogP contribution in [-0.2, 0) is 16.0 Å². The number of imide groups is 1. The molecule has 1 aliphatic rings. The van der Waals surface area contributed by atoms with E-state index in [0.717, 1.165) is 12.1 Å². The number of carbonyl (C=O) groups is 2. The second-order valence-corrected chi connectivity index (χ2v) is 6.73. The number of aryl methyl sites for hydroxylation is 1. The fourth-order valence-corrected chi connectivity index (χ4v) is 3.13. The SMILES string of the molecule is CCc1ccc(NC2=C(c3ccc(OC)cc3)C(=O)N(C(C)C)C2=O)cc1. The molecule has 0 unspecified atom stereocenters. The molecule has 0 saturated carbocycles. The molecular weight excluding hydrogens is 340 g/mol. The van der Waals surface area contributed by atoms with Crippen molar-refractivity contribution in [2.45, 2.75) is 33.2 Å². The molecule has 0 saturated heterocycles. The van der Waals surface area contributed by atoms with Gasteiger partial charge < -0.3 is 10.1 Å². The van der Waals surface area contributed by atoms with Crippen molar-refractivity contribution >= 4 is 23.1 Å². The van der Waals surface area contributed by atoms with Gasteiger partial charge in [0, 0.05) is 11.7 Å². The highest BCUT2D eigenvalue weighted by Gasteiger charge is 2.40. The quantitative estimate of drug-likeness (QED) is 0.791. The van der Waals surface area contributed by atoms with Gasteiger partial charge >= 0.3 is 0 Å². The van der Waals surface area contributed by atoms with Crippen LogP contribution in [0, 0.1) is 0 Å². The molecule has 5 heteroatoms. The third-order valence-electron chi connectivity index (χ3n) is 4.64. The number of hydrogen-bond acceptors (Lipinski definition) is 4. The minimum Gasteiger partial charge on any atom is -0.497 e. The fraction of sp³-hybridized carbons (Fsp3) is 0.273. The Bertz CT molecular complexity index is 881. The van der Waals surface area contributed by atoms with E-state index in [-0.39, 0.29) is 17.9 Å². The highest BCUT2D eigenvalue weighted by molar-refractivity contribution is 6.36. The lowest BCUT2D eigenvalue weighted by atomic mass is 10.0. The average Bonchev–Trinajstić information content (AvgIpc) is 2.92. The summed E-state index contributed by atoms with van der Waals surface area (Å²) >= 11 is 0. The van der Waals surface area contributed by atoms with Crippen LogP contribution in [0.4, 0.5) is 5.69 Å². The Morgan fingerprint density at radius 2 is 1.59 bits per heavy atom. The molecule has 1 aliphatic heterocycles. The molecule has 2 aromatic rings. The molecule has 27 heavy (non-hydrogen) atoms. The normalized spacial score (nSPS) is 14.3. The monoisotopic (exact) mass is 364 g/mol. The number of amides is 2. The van der Waals surface area contributed by atoms with Crippen molar-refractivity contribution in [2.24, 2.45) is 0 Å². The largest absolute Gasteiger partial charge is 0.497 e. The van der Waals surface area contributed by atoms with E-state index in [9.17, 15) is 9.59 Å². The van der Waals surface area contributed by atoms with Gasteiger partial charge in [-0.3, -0.25) is 14.5 Å². The molecular formula is C22H24N2O3. The van der Waals surface area contributed by atoms with Gasteiger partial charge in [0.15, 0.2) is 0 Å². The summed E-state index contributed by atoms with van der Waals surface area (Å²) in [7, 11) is 1.59. The fourth-order valence-electron chi connectivity index (χ4n) is 3.13. The average molecular weight is 364 g/mol. The highest BCUT2D eigenvalue weighted by Crippen LogP contribution is 2.32. The van der Waals surface area contributed by atoms with Crippen LogP contribution in [0.3, 0.4) is 0 Å². The summed E-state index contributed by atoms with van der Waals surface area (Å²) < 4.78 is 5.19. The Balaban J connectivity index is 2.04. The van der Waals surface area contributed by atoms with E-state index in [4.69, 9.17) is 4.74 Å². The smallest absolute Gasteiger partial charge is 0.278 e. The zero-order valence-corrected chi connectivity index (χ0v) is 16.1. The predicted octanol–water partition coefficient (Wildman–Crippen LogP) is 3.86. The van der Waals surface area contributed by atoms with Crippen LogP contribution in [0.25, 0.3) is 5.57 Å². The van der Waals surface area contributed by atoms with Gasteiger partial charge in [-0.25, -0.2) is 0 Å². The zero-order chi connectivity index (χ0) is 19.6. The van der Waals surface area contributed by atoms with Gasteiger partial charge in [-0.1, -0.05) is 31.2 Å². The summed E-state index contributed by atoms with van der Waals surface area (Å²) in [5.74, 6) is 0.106. The van der Waals surface area contributed by atoms with E-state index in [0.29, 0.717) is 22.6 Å². The van der Waals surface area contributed by atoms with E-state index in [1.165, 1.54) is 10.5 Å². The number of anilines is 1. The van der Waals surface area contributed by atoms with Gasteiger partial charge in [0.2, 0.25) is 0 Å². The Morgan fingerprint density at radius 3 is 2.11 bits per heavy atom. The third kappa shape index (κ3) is 3.58. The first-order valence-corrected chi connectivity index (χ1v) is 9.08. The standard InChI is InChI=1S/C22H24N2O3/c1-5-15-6-10-17(11-7-15)23-20-19(16-8-12-18(27-4)13-9-16)21(25)24(14(2)3)22(20)26/h6-14,23H,5H2,1-4H3. The first-order valence-electron chi connectivity index (χ1n) is 9.08. The first kappa shape index (κ1) is 18.7. The lowest BCUT2D eigenvalue weighted by Gasteiger charge is -2.19. The molecule has 1 heterocycles. The van der Waals surface area contributed by atoms with Crippen LogP contribution in [0.1, 0.15) is 31.9 Å². The molecule has 0 fully saturated rings. The summed E-state index contributed by atoms with van der Waals surface area (Å²) in [5.41, 5.74) is 3.37. The summed E-state index contributed by atoms with van der Waals surface area (Å²) in [5, 5.41) is 3.17. The van der Waals surface area contributed by atoms with E-state index in [1.54, 1.807) is 31.4 Å². The molecule has 2 aromatic carbocycles. The third-order valence-corrected chi connectivity index (χ3v) is 4.64. The van der Waals surface area contributed by atoms with Gasteiger partial charge in [0.1, 0.15) is 11.4 Å². The van der Waals surface area contributed by atoms with E-state index in [1.807, 2.05) is 38.1 Å². The molecule has 140 valence electrons. The molecule has 2 amide bonds. The number of ether oxygens (including phenoxy) is 1. The van der Waals surface area contributed by atoms with Crippen LogP contribution < -0.4 is 10.1 Å². The minimum absolute atomic E-state index is 0.222. The van der Waals surface area contributed by atoms with Crippen LogP contribution in [0.15, 0.2) is 54.2 Å². The number of rotatable bonds is 6. The number of nitrogens with one attached hydrogen (secondary N) is 1. The lowest BCUT2D eigenvalue weighted by Crippen LogP contribution is -2.38. The maximum Gasteiger partial charge on any atom is 0.278 e. The van der Waals surface area contributed by atoms with Crippen molar-refractivity contribution in [3.05, 3.63) is 65.4 Å². The number of carbonyl (C=O) groups excluding carboxylic acids is 2. The van der Waals surface area contributed by atoms with Crippen LogP contribution >= 0.6 is 0 Å². The summed E-state index contributed by atoms with van der Waals surface area (Å²) in [6.45, 7) is 5.76. The topological polar surface area (TPSA) is 58.6 Å². The molecule has 5 nitrogen and oxygen atoms in total. The van der Waals surface area contributed by atoms with Crippen molar-refractivity contribution < 1.29 is 14.3 Å². The van der Waals surface area contributed by atoms with Crippen molar-refractivity contribution in [1.82, 2.24) is 4.90 Å². The Hall–Kier alpha value is -3.08. The van der Waals surface area contributed by atoms with Gasteiger partial charge in [-0.05, 0) is 55.7 Å². The molecule has 0 spiro atoms. The maximum atomic E-state index is 13.0. The van der Waals surface area contributed by atoms with E-state index < -0.39 is 0 Å². The number of benzene rings is 2. The number of hydrogen-bond donors (Lipinski definition) is 1. The highest BCUT2D eigenvalue weighted by atomic mass is 16.5. The maximum absolute atomic E-state index is 13.0. The van der Waals surface area contributed by atoms with Crippen LogP contribution in [0.2, 0.25) is 0 Å². The van der Waals surface area contributed by atoms with Gasteiger partial charge in [0.25, 0.3) is 11.8 Å². The molecule has 0 bridgehead atoms. The molecule has 0 radical (unpaired) electrons.